The second kappa shape index (κ2) is 7.98. The maximum absolute atomic E-state index is 12.5. The lowest BCUT2D eigenvalue weighted by atomic mass is 10.2. The van der Waals surface area contributed by atoms with Crippen LogP contribution in [0.1, 0.15) is 32.2 Å². The van der Waals surface area contributed by atoms with Crippen LogP contribution in [0.5, 0.6) is 0 Å². The molecular weight excluding hydrogens is 296 g/mol. The summed E-state index contributed by atoms with van der Waals surface area (Å²) < 4.78 is 0. The molecule has 0 atom stereocenters. The van der Waals surface area contributed by atoms with Crippen LogP contribution < -0.4 is 0 Å². The lowest BCUT2D eigenvalue weighted by Gasteiger charge is -2.26. The fourth-order valence-electron chi connectivity index (χ4n) is 2.05. The van der Waals surface area contributed by atoms with Crippen LogP contribution in [0, 0.1) is 0 Å². The summed E-state index contributed by atoms with van der Waals surface area (Å²) in [6.45, 7) is 6.72. The van der Waals surface area contributed by atoms with E-state index < -0.39 is 0 Å². The monoisotopic (exact) mass is 318 g/mol. The van der Waals surface area contributed by atoms with Crippen LogP contribution in [-0.2, 0) is 17.8 Å². The molecule has 0 aliphatic carbocycles. The highest BCUT2D eigenvalue weighted by Gasteiger charge is 2.18. The van der Waals surface area contributed by atoms with Gasteiger partial charge >= 0.3 is 0 Å². The van der Waals surface area contributed by atoms with Crippen molar-refractivity contribution in [2.75, 3.05) is 5.75 Å². The summed E-state index contributed by atoms with van der Waals surface area (Å²) in [5.74, 6) is 1.30. The maximum atomic E-state index is 12.5. The number of aromatic nitrogens is 3. The van der Waals surface area contributed by atoms with Crippen LogP contribution in [0.2, 0.25) is 0 Å². The molecule has 0 fully saturated rings. The third kappa shape index (κ3) is 4.59. The molecule has 0 spiro atoms. The van der Waals surface area contributed by atoms with Gasteiger partial charge in [-0.3, -0.25) is 9.89 Å². The molecule has 0 aliphatic rings. The molecule has 1 aromatic carbocycles. The van der Waals surface area contributed by atoms with Gasteiger partial charge in [0.1, 0.15) is 5.82 Å². The predicted molar refractivity (Wildman–Crippen MR) is 88.6 cm³/mol. The number of aromatic amines is 1. The molecule has 0 saturated heterocycles. The maximum Gasteiger partial charge on any atom is 0.233 e. The average Bonchev–Trinajstić information content (AvgIpc) is 2.99. The zero-order chi connectivity index (χ0) is 15.9. The number of carbonyl (C=O) groups excluding carboxylic acids is 1. The van der Waals surface area contributed by atoms with Gasteiger partial charge in [-0.05, 0) is 19.4 Å². The standard InChI is InChI=1S/C16H22N4OS/c1-4-14-17-16(19-18-14)22-11-15(21)20(12(2)3)10-13-8-6-5-7-9-13/h5-9,12H,4,10-11H2,1-3H3,(H,17,18,19). The van der Waals surface area contributed by atoms with Gasteiger partial charge in [0.2, 0.25) is 11.1 Å². The van der Waals surface area contributed by atoms with E-state index in [1.165, 1.54) is 11.8 Å². The lowest BCUT2D eigenvalue weighted by molar-refractivity contribution is -0.130. The number of amides is 1. The molecule has 0 aliphatic heterocycles. The highest BCUT2D eigenvalue weighted by Crippen LogP contribution is 2.16. The normalized spacial score (nSPS) is 10.9. The van der Waals surface area contributed by atoms with Crippen molar-refractivity contribution in [1.29, 1.82) is 0 Å². The van der Waals surface area contributed by atoms with Gasteiger partial charge in [0.05, 0.1) is 5.75 Å². The number of H-pyrrole nitrogens is 1. The van der Waals surface area contributed by atoms with Gasteiger partial charge in [-0.2, -0.15) is 0 Å². The lowest BCUT2D eigenvalue weighted by Crippen LogP contribution is -2.37. The van der Waals surface area contributed by atoms with Crippen LogP contribution in [-0.4, -0.2) is 37.8 Å². The zero-order valence-electron chi connectivity index (χ0n) is 13.2. The third-order valence-corrected chi connectivity index (χ3v) is 4.14. The van der Waals surface area contributed by atoms with E-state index in [-0.39, 0.29) is 11.9 Å². The summed E-state index contributed by atoms with van der Waals surface area (Å²) >= 11 is 1.38. The summed E-state index contributed by atoms with van der Waals surface area (Å²) in [5.41, 5.74) is 1.14. The largest absolute Gasteiger partial charge is 0.335 e. The summed E-state index contributed by atoms with van der Waals surface area (Å²) in [4.78, 5) is 18.7. The SMILES string of the molecule is CCc1nc(SCC(=O)N(Cc2ccccc2)C(C)C)n[nH]1. The van der Waals surface area contributed by atoms with Gasteiger partial charge in [-0.25, -0.2) is 4.98 Å². The molecule has 0 radical (unpaired) electrons. The van der Waals surface area contributed by atoms with E-state index in [0.717, 1.165) is 17.8 Å². The van der Waals surface area contributed by atoms with E-state index in [2.05, 4.69) is 15.2 Å². The summed E-state index contributed by atoms with van der Waals surface area (Å²) in [7, 11) is 0. The fraction of sp³-hybridized carbons (Fsp3) is 0.438. The number of rotatable bonds is 7. The minimum Gasteiger partial charge on any atom is -0.335 e. The molecular formula is C16H22N4OS. The first-order chi connectivity index (χ1) is 10.6. The Balaban J connectivity index is 1.94. The van der Waals surface area contributed by atoms with Gasteiger partial charge in [0.25, 0.3) is 0 Å². The van der Waals surface area contributed by atoms with Crippen LogP contribution >= 0.6 is 11.8 Å². The first kappa shape index (κ1) is 16.5. The second-order valence-corrected chi connectivity index (χ2v) is 6.25. The Morgan fingerprint density at radius 3 is 2.64 bits per heavy atom. The highest BCUT2D eigenvalue weighted by atomic mass is 32.2. The Hall–Kier alpha value is -1.82. The average molecular weight is 318 g/mol. The van der Waals surface area contributed by atoms with Crippen molar-refractivity contribution in [3.63, 3.8) is 0 Å². The molecule has 1 amide bonds. The minimum atomic E-state index is 0.103. The fourth-order valence-corrected chi connectivity index (χ4v) is 2.75. The van der Waals surface area contributed by atoms with E-state index in [1.807, 2.05) is 56.0 Å². The number of carbonyl (C=O) groups is 1. The molecule has 6 heteroatoms. The summed E-state index contributed by atoms with van der Waals surface area (Å²) in [6.07, 6.45) is 0.813. The highest BCUT2D eigenvalue weighted by molar-refractivity contribution is 7.99. The van der Waals surface area contributed by atoms with E-state index in [0.29, 0.717) is 17.5 Å². The van der Waals surface area contributed by atoms with Crippen molar-refractivity contribution in [1.82, 2.24) is 20.1 Å². The van der Waals surface area contributed by atoms with Crippen molar-refractivity contribution in [2.45, 2.75) is 44.9 Å². The van der Waals surface area contributed by atoms with Crippen LogP contribution in [0.25, 0.3) is 0 Å². The Morgan fingerprint density at radius 1 is 1.32 bits per heavy atom. The number of hydrogen-bond acceptors (Lipinski definition) is 4. The Kier molecular flexibility index (Phi) is 6.00. The Morgan fingerprint density at radius 2 is 2.05 bits per heavy atom. The second-order valence-electron chi connectivity index (χ2n) is 5.31. The number of thioether (sulfide) groups is 1. The zero-order valence-corrected chi connectivity index (χ0v) is 14.1. The Bertz CT molecular complexity index is 597. The summed E-state index contributed by atoms with van der Waals surface area (Å²) in [5, 5.41) is 7.60. The molecule has 5 nitrogen and oxygen atoms in total. The van der Waals surface area contributed by atoms with Crippen LogP contribution in [0.3, 0.4) is 0 Å². The number of aryl methyl sites for hydroxylation is 1. The van der Waals surface area contributed by atoms with Crippen molar-refractivity contribution < 1.29 is 4.79 Å². The molecule has 22 heavy (non-hydrogen) atoms. The molecule has 2 aromatic rings. The van der Waals surface area contributed by atoms with E-state index in [4.69, 9.17) is 0 Å². The van der Waals surface area contributed by atoms with Gasteiger partial charge < -0.3 is 4.90 Å². The molecule has 1 N–H and O–H groups in total. The van der Waals surface area contributed by atoms with Gasteiger partial charge in [-0.15, -0.1) is 5.10 Å². The first-order valence-corrected chi connectivity index (χ1v) is 8.46. The van der Waals surface area contributed by atoms with E-state index in [9.17, 15) is 4.79 Å². The smallest absolute Gasteiger partial charge is 0.233 e. The molecule has 0 unspecified atom stereocenters. The number of nitrogens with one attached hydrogen (secondary N) is 1. The molecule has 118 valence electrons. The van der Waals surface area contributed by atoms with Crippen LogP contribution in [0.4, 0.5) is 0 Å². The summed E-state index contributed by atoms with van der Waals surface area (Å²) in [6, 6.07) is 10.2. The Labute approximate surface area is 135 Å². The molecule has 1 aromatic heterocycles. The van der Waals surface area contributed by atoms with Gasteiger partial charge in [0, 0.05) is 19.0 Å². The van der Waals surface area contributed by atoms with Crippen molar-refractivity contribution in [2.24, 2.45) is 0 Å². The number of benzene rings is 1. The molecule has 2 rings (SSSR count). The molecule has 0 bridgehead atoms. The first-order valence-electron chi connectivity index (χ1n) is 7.47. The van der Waals surface area contributed by atoms with Gasteiger partial charge in [-0.1, -0.05) is 49.0 Å². The number of hydrogen-bond donors (Lipinski definition) is 1. The van der Waals surface area contributed by atoms with E-state index >= 15 is 0 Å². The third-order valence-electron chi connectivity index (χ3n) is 3.31. The van der Waals surface area contributed by atoms with Gasteiger partial charge in [0.15, 0.2) is 0 Å². The molecule has 1 heterocycles. The minimum absolute atomic E-state index is 0.103. The van der Waals surface area contributed by atoms with Crippen molar-refractivity contribution in [3.05, 3.63) is 41.7 Å². The quantitative estimate of drug-likeness (QED) is 0.797. The van der Waals surface area contributed by atoms with E-state index in [1.54, 1.807) is 0 Å². The van der Waals surface area contributed by atoms with Crippen LogP contribution in [0.15, 0.2) is 35.5 Å². The number of nitrogens with zero attached hydrogens (tertiary/aromatic N) is 3. The van der Waals surface area contributed by atoms with Crippen molar-refractivity contribution in [3.8, 4) is 0 Å². The predicted octanol–water partition coefficient (Wildman–Crippen LogP) is 2.90. The van der Waals surface area contributed by atoms with Crippen molar-refractivity contribution >= 4 is 17.7 Å². The topological polar surface area (TPSA) is 61.9 Å². The molecule has 0 saturated carbocycles.